The van der Waals surface area contributed by atoms with Gasteiger partial charge in [-0.2, -0.15) is 0 Å². The van der Waals surface area contributed by atoms with Crippen LogP contribution in [0.3, 0.4) is 0 Å². The zero-order valence-corrected chi connectivity index (χ0v) is 10.7. The van der Waals surface area contributed by atoms with Gasteiger partial charge in [0.25, 0.3) is 0 Å². The van der Waals surface area contributed by atoms with Gasteiger partial charge in [-0.25, -0.2) is 14.8 Å². The Hall–Kier alpha value is -2.41. The highest BCUT2D eigenvalue weighted by atomic mass is 16.6. The van der Waals surface area contributed by atoms with Crippen molar-refractivity contribution in [3.63, 3.8) is 0 Å². The molecular formula is C13H12N2O5. The van der Waals surface area contributed by atoms with Crippen molar-refractivity contribution >= 4 is 17.0 Å². The average Bonchev–Trinajstić information content (AvgIpc) is 2.43. The van der Waals surface area contributed by atoms with E-state index in [1.165, 1.54) is 6.92 Å². The summed E-state index contributed by atoms with van der Waals surface area (Å²) in [6, 6.07) is 3.23. The molecule has 1 aromatic heterocycles. The van der Waals surface area contributed by atoms with Crippen molar-refractivity contribution in [3.05, 3.63) is 23.5 Å². The zero-order valence-electron chi connectivity index (χ0n) is 10.7. The van der Waals surface area contributed by atoms with Crippen molar-refractivity contribution in [2.24, 2.45) is 0 Å². The van der Waals surface area contributed by atoms with E-state index in [9.17, 15) is 9.90 Å². The van der Waals surface area contributed by atoms with Gasteiger partial charge in [0.15, 0.2) is 17.2 Å². The van der Waals surface area contributed by atoms with Gasteiger partial charge >= 0.3 is 5.97 Å². The number of carboxylic acid groups (broad SMARTS) is 1. The molecule has 2 aromatic rings. The van der Waals surface area contributed by atoms with Crippen LogP contribution in [0.15, 0.2) is 12.1 Å². The molecule has 1 atom stereocenters. The molecule has 0 amide bonds. The molecule has 1 unspecified atom stereocenters. The molecule has 3 rings (SSSR count). The molecule has 1 aromatic carbocycles. The SMILES string of the molecule is CC(O)c1nc2cc3c(cc2nc1C(=O)O)OCCO3. The summed E-state index contributed by atoms with van der Waals surface area (Å²) >= 11 is 0. The second-order valence-corrected chi connectivity index (χ2v) is 4.42. The summed E-state index contributed by atoms with van der Waals surface area (Å²) in [5, 5.41) is 18.8. The Labute approximate surface area is 113 Å². The highest BCUT2D eigenvalue weighted by Crippen LogP contribution is 2.34. The molecule has 0 bridgehead atoms. The highest BCUT2D eigenvalue weighted by molar-refractivity contribution is 5.90. The van der Waals surface area contributed by atoms with E-state index in [2.05, 4.69) is 9.97 Å². The number of aliphatic hydroxyl groups is 1. The molecule has 2 N–H and O–H groups in total. The van der Waals surface area contributed by atoms with Crippen molar-refractivity contribution in [1.29, 1.82) is 0 Å². The van der Waals surface area contributed by atoms with Gasteiger partial charge in [-0.15, -0.1) is 0 Å². The number of rotatable bonds is 2. The monoisotopic (exact) mass is 276 g/mol. The maximum absolute atomic E-state index is 11.2. The van der Waals surface area contributed by atoms with E-state index in [4.69, 9.17) is 14.6 Å². The molecule has 1 aliphatic heterocycles. The molecule has 0 radical (unpaired) electrons. The number of aromatic carboxylic acids is 1. The van der Waals surface area contributed by atoms with E-state index in [1.54, 1.807) is 12.1 Å². The zero-order chi connectivity index (χ0) is 14.3. The van der Waals surface area contributed by atoms with Crippen LogP contribution in [0.4, 0.5) is 0 Å². The third kappa shape index (κ3) is 2.01. The molecule has 0 saturated carbocycles. The first-order chi connectivity index (χ1) is 9.56. The van der Waals surface area contributed by atoms with Gasteiger partial charge in [0.05, 0.1) is 17.1 Å². The summed E-state index contributed by atoms with van der Waals surface area (Å²) in [4.78, 5) is 19.4. The van der Waals surface area contributed by atoms with Crippen molar-refractivity contribution in [1.82, 2.24) is 9.97 Å². The van der Waals surface area contributed by atoms with Gasteiger partial charge in [0.2, 0.25) is 0 Å². The quantitative estimate of drug-likeness (QED) is 0.848. The van der Waals surface area contributed by atoms with Crippen LogP contribution in [-0.4, -0.2) is 39.4 Å². The molecule has 0 saturated heterocycles. The number of aromatic nitrogens is 2. The molecule has 1 aliphatic rings. The standard InChI is InChI=1S/C13H12N2O5/c1-6(16)11-12(13(17)18)15-8-5-10-9(4-7(8)14-11)19-2-3-20-10/h4-6,16H,2-3H2,1H3,(H,17,18). The minimum Gasteiger partial charge on any atom is -0.486 e. The van der Waals surface area contributed by atoms with Gasteiger partial charge < -0.3 is 19.7 Å². The van der Waals surface area contributed by atoms with E-state index in [0.29, 0.717) is 35.7 Å². The van der Waals surface area contributed by atoms with E-state index in [0.717, 1.165) is 0 Å². The van der Waals surface area contributed by atoms with Crippen molar-refractivity contribution in [2.75, 3.05) is 13.2 Å². The molecule has 2 heterocycles. The first-order valence-corrected chi connectivity index (χ1v) is 6.09. The Bertz CT molecular complexity index is 699. The average molecular weight is 276 g/mol. The largest absolute Gasteiger partial charge is 0.486 e. The number of carboxylic acids is 1. The van der Waals surface area contributed by atoms with Crippen LogP contribution in [0.25, 0.3) is 11.0 Å². The Morgan fingerprint density at radius 1 is 1.20 bits per heavy atom. The third-order valence-corrected chi connectivity index (χ3v) is 2.95. The fraction of sp³-hybridized carbons (Fsp3) is 0.308. The molecule has 7 heteroatoms. The highest BCUT2D eigenvalue weighted by Gasteiger charge is 2.21. The van der Waals surface area contributed by atoms with Crippen LogP contribution in [0.5, 0.6) is 11.5 Å². The van der Waals surface area contributed by atoms with Crippen LogP contribution in [0.2, 0.25) is 0 Å². The second-order valence-electron chi connectivity index (χ2n) is 4.42. The molecule has 104 valence electrons. The van der Waals surface area contributed by atoms with Gasteiger partial charge in [0, 0.05) is 12.1 Å². The fourth-order valence-electron chi connectivity index (χ4n) is 2.06. The predicted molar refractivity (Wildman–Crippen MR) is 68.1 cm³/mol. The lowest BCUT2D eigenvalue weighted by Gasteiger charge is -2.19. The minimum absolute atomic E-state index is 0.0293. The summed E-state index contributed by atoms with van der Waals surface area (Å²) in [5.74, 6) is -0.179. The molecule has 0 aliphatic carbocycles. The van der Waals surface area contributed by atoms with Gasteiger partial charge in [-0.1, -0.05) is 0 Å². The summed E-state index contributed by atoms with van der Waals surface area (Å²) in [6.07, 6.45) is -1.02. The smallest absolute Gasteiger partial charge is 0.356 e. The van der Waals surface area contributed by atoms with Crippen LogP contribution in [0.1, 0.15) is 29.2 Å². The van der Waals surface area contributed by atoms with Gasteiger partial charge in [-0.05, 0) is 6.92 Å². The number of carbonyl (C=O) groups is 1. The maximum atomic E-state index is 11.2. The molecule has 0 fully saturated rings. The van der Waals surface area contributed by atoms with Crippen molar-refractivity contribution < 1.29 is 24.5 Å². The Morgan fingerprint density at radius 2 is 1.75 bits per heavy atom. The molecule has 20 heavy (non-hydrogen) atoms. The van der Waals surface area contributed by atoms with E-state index >= 15 is 0 Å². The van der Waals surface area contributed by atoms with Crippen molar-refractivity contribution in [2.45, 2.75) is 13.0 Å². The first kappa shape index (κ1) is 12.6. The minimum atomic E-state index is -1.23. The van der Waals surface area contributed by atoms with Crippen LogP contribution in [0, 0.1) is 0 Å². The molecular weight excluding hydrogens is 264 g/mol. The number of nitrogens with zero attached hydrogens (tertiary/aromatic N) is 2. The predicted octanol–water partition coefficient (Wildman–Crippen LogP) is 1.15. The maximum Gasteiger partial charge on any atom is 0.356 e. The van der Waals surface area contributed by atoms with Gasteiger partial charge in [-0.3, -0.25) is 0 Å². The van der Waals surface area contributed by atoms with Crippen LogP contribution in [-0.2, 0) is 0 Å². The van der Waals surface area contributed by atoms with E-state index < -0.39 is 12.1 Å². The lowest BCUT2D eigenvalue weighted by atomic mass is 10.1. The number of ether oxygens (including phenoxy) is 2. The number of hydrogen-bond acceptors (Lipinski definition) is 6. The van der Waals surface area contributed by atoms with Crippen LogP contribution >= 0.6 is 0 Å². The summed E-state index contributed by atoms with van der Waals surface area (Å²) in [6.45, 7) is 2.33. The summed E-state index contributed by atoms with van der Waals surface area (Å²) < 4.78 is 10.9. The number of fused-ring (bicyclic) bond motifs is 2. The number of benzene rings is 1. The van der Waals surface area contributed by atoms with E-state index in [-0.39, 0.29) is 11.4 Å². The number of hydrogen-bond donors (Lipinski definition) is 2. The molecule has 0 spiro atoms. The van der Waals surface area contributed by atoms with Gasteiger partial charge in [0.1, 0.15) is 18.9 Å². The van der Waals surface area contributed by atoms with Crippen LogP contribution < -0.4 is 9.47 Å². The summed E-state index contributed by atoms with van der Waals surface area (Å²) in [5.41, 5.74) is 0.608. The van der Waals surface area contributed by atoms with E-state index in [1.807, 2.05) is 0 Å². The Balaban J connectivity index is 2.25. The number of aliphatic hydroxyl groups excluding tert-OH is 1. The summed E-state index contributed by atoms with van der Waals surface area (Å²) in [7, 11) is 0. The first-order valence-electron chi connectivity index (χ1n) is 6.09. The Kier molecular flexibility index (Phi) is 2.90. The lowest BCUT2D eigenvalue weighted by molar-refractivity contribution is 0.0682. The third-order valence-electron chi connectivity index (χ3n) is 2.95. The molecule has 7 nitrogen and oxygen atoms in total. The lowest BCUT2D eigenvalue weighted by Crippen LogP contribution is -2.16. The Morgan fingerprint density at radius 3 is 2.25 bits per heavy atom. The second kappa shape index (κ2) is 4.61. The fourth-order valence-corrected chi connectivity index (χ4v) is 2.06. The topological polar surface area (TPSA) is 102 Å². The van der Waals surface area contributed by atoms with Crippen molar-refractivity contribution in [3.8, 4) is 11.5 Å². The normalized spacial score (nSPS) is 15.1.